The summed E-state index contributed by atoms with van der Waals surface area (Å²) in [6.07, 6.45) is 2.55. The minimum absolute atomic E-state index is 1.01. The van der Waals surface area contributed by atoms with Crippen molar-refractivity contribution in [1.29, 1.82) is 0 Å². The molecule has 3 nitrogen and oxygen atoms in total. The zero-order valence-electron chi connectivity index (χ0n) is 11.1. The first kappa shape index (κ1) is 11.9. The number of nitrogens with zero attached hydrogens (tertiary/aromatic N) is 3. The standard InChI is InChI=1S/C16H15N3S/c1-2-6-12(7-3-1)13-8-9-14-15(17-13)20-16(18-14)19-10-4-5-11-19/h1-3,6-9H,4-5,10-11H2. The smallest absolute Gasteiger partial charge is 0.187 e. The summed E-state index contributed by atoms with van der Waals surface area (Å²) < 4.78 is 0. The molecule has 3 aromatic rings. The molecule has 20 heavy (non-hydrogen) atoms. The van der Waals surface area contributed by atoms with Gasteiger partial charge in [-0.05, 0) is 25.0 Å². The van der Waals surface area contributed by atoms with Crippen molar-refractivity contribution in [3.8, 4) is 11.3 Å². The molecule has 2 aromatic heterocycles. The third kappa shape index (κ3) is 2.06. The maximum atomic E-state index is 4.77. The largest absolute Gasteiger partial charge is 0.348 e. The molecule has 0 bridgehead atoms. The molecule has 1 fully saturated rings. The number of thiazole rings is 1. The second kappa shape index (κ2) is 4.87. The highest BCUT2D eigenvalue weighted by Crippen LogP contribution is 2.31. The van der Waals surface area contributed by atoms with Gasteiger partial charge in [-0.15, -0.1) is 0 Å². The van der Waals surface area contributed by atoms with E-state index in [-0.39, 0.29) is 0 Å². The van der Waals surface area contributed by atoms with Gasteiger partial charge in [0.05, 0.1) is 5.69 Å². The Morgan fingerprint density at radius 1 is 0.900 bits per heavy atom. The summed E-state index contributed by atoms with van der Waals surface area (Å²) in [7, 11) is 0. The van der Waals surface area contributed by atoms with Crippen LogP contribution in [0.4, 0.5) is 5.13 Å². The average molecular weight is 281 g/mol. The second-order valence-electron chi connectivity index (χ2n) is 5.08. The van der Waals surface area contributed by atoms with E-state index in [1.54, 1.807) is 11.3 Å². The van der Waals surface area contributed by atoms with Gasteiger partial charge in [0.2, 0.25) is 0 Å². The zero-order valence-corrected chi connectivity index (χ0v) is 11.9. The maximum absolute atomic E-state index is 4.77. The van der Waals surface area contributed by atoms with Crippen LogP contribution in [0.1, 0.15) is 12.8 Å². The van der Waals surface area contributed by atoms with E-state index in [1.807, 2.05) is 18.2 Å². The van der Waals surface area contributed by atoms with E-state index in [9.17, 15) is 0 Å². The van der Waals surface area contributed by atoms with Gasteiger partial charge in [-0.3, -0.25) is 0 Å². The molecule has 1 aliphatic rings. The van der Waals surface area contributed by atoms with E-state index in [1.165, 1.54) is 12.8 Å². The Hall–Kier alpha value is -1.94. The second-order valence-corrected chi connectivity index (χ2v) is 6.03. The summed E-state index contributed by atoms with van der Waals surface area (Å²) in [5.74, 6) is 0. The zero-order chi connectivity index (χ0) is 13.4. The van der Waals surface area contributed by atoms with E-state index in [4.69, 9.17) is 9.97 Å². The first-order valence-electron chi connectivity index (χ1n) is 6.98. The number of anilines is 1. The molecular weight excluding hydrogens is 266 g/mol. The van der Waals surface area contributed by atoms with E-state index in [0.717, 1.165) is 39.8 Å². The first-order chi connectivity index (χ1) is 9.90. The minimum atomic E-state index is 1.01. The van der Waals surface area contributed by atoms with Gasteiger partial charge >= 0.3 is 0 Å². The average Bonchev–Trinajstić information content (AvgIpc) is 3.16. The molecule has 1 aliphatic heterocycles. The molecule has 100 valence electrons. The number of pyridine rings is 1. The molecule has 0 aliphatic carbocycles. The van der Waals surface area contributed by atoms with Crippen LogP contribution in [0, 0.1) is 0 Å². The molecule has 4 rings (SSSR count). The Labute approximate surface area is 121 Å². The molecule has 0 radical (unpaired) electrons. The van der Waals surface area contributed by atoms with Crippen LogP contribution in [0.25, 0.3) is 21.6 Å². The lowest BCUT2D eigenvalue weighted by Crippen LogP contribution is -2.16. The van der Waals surface area contributed by atoms with Crippen molar-refractivity contribution in [2.75, 3.05) is 18.0 Å². The monoisotopic (exact) mass is 281 g/mol. The normalized spacial score (nSPS) is 15.1. The number of rotatable bonds is 2. The van der Waals surface area contributed by atoms with Crippen molar-refractivity contribution in [1.82, 2.24) is 9.97 Å². The topological polar surface area (TPSA) is 29.0 Å². The van der Waals surface area contributed by atoms with Crippen LogP contribution in [0.5, 0.6) is 0 Å². The Morgan fingerprint density at radius 3 is 2.50 bits per heavy atom. The van der Waals surface area contributed by atoms with Crippen molar-refractivity contribution in [2.45, 2.75) is 12.8 Å². The highest BCUT2D eigenvalue weighted by atomic mass is 32.1. The van der Waals surface area contributed by atoms with Crippen LogP contribution < -0.4 is 4.90 Å². The maximum Gasteiger partial charge on any atom is 0.187 e. The van der Waals surface area contributed by atoms with Crippen molar-refractivity contribution in [3.05, 3.63) is 42.5 Å². The predicted molar refractivity (Wildman–Crippen MR) is 84.3 cm³/mol. The van der Waals surface area contributed by atoms with Crippen molar-refractivity contribution in [3.63, 3.8) is 0 Å². The number of fused-ring (bicyclic) bond motifs is 1. The van der Waals surface area contributed by atoms with Crippen LogP contribution in [0.3, 0.4) is 0 Å². The molecule has 0 spiro atoms. The van der Waals surface area contributed by atoms with Crippen LogP contribution in [-0.4, -0.2) is 23.1 Å². The van der Waals surface area contributed by atoms with Gasteiger partial charge in [0.1, 0.15) is 10.3 Å². The van der Waals surface area contributed by atoms with Crippen LogP contribution in [0.15, 0.2) is 42.5 Å². The highest BCUT2D eigenvalue weighted by molar-refractivity contribution is 7.21. The van der Waals surface area contributed by atoms with E-state index in [0.29, 0.717) is 0 Å². The summed E-state index contributed by atoms with van der Waals surface area (Å²) in [5, 5.41) is 1.12. The molecule has 3 heterocycles. The van der Waals surface area contributed by atoms with Gasteiger partial charge < -0.3 is 4.90 Å². The lowest BCUT2D eigenvalue weighted by atomic mass is 10.1. The fourth-order valence-corrected chi connectivity index (χ4v) is 3.61. The number of hydrogen-bond donors (Lipinski definition) is 0. The Morgan fingerprint density at radius 2 is 1.70 bits per heavy atom. The Balaban J connectivity index is 1.76. The number of hydrogen-bond acceptors (Lipinski definition) is 4. The van der Waals surface area contributed by atoms with Crippen LogP contribution in [0.2, 0.25) is 0 Å². The van der Waals surface area contributed by atoms with Gasteiger partial charge in [0, 0.05) is 18.7 Å². The number of benzene rings is 1. The lowest BCUT2D eigenvalue weighted by molar-refractivity contribution is 0.949. The van der Waals surface area contributed by atoms with Gasteiger partial charge in [0.15, 0.2) is 5.13 Å². The fraction of sp³-hybridized carbons (Fsp3) is 0.250. The molecule has 0 amide bonds. The highest BCUT2D eigenvalue weighted by Gasteiger charge is 2.17. The first-order valence-corrected chi connectivity index (χ1v) is 7.80. The third-order valence-corrected chi connectivity index (χ3v) is 4.72. The Kier molecular flexibility index (Phi) is 2.89. The summed E-state index contributed by atoms with van der Waals surface area (Å²) in [6.45, 7) is 2.26. The van der Waals surface area contributed by atoms with Crippen LogP contribution in [-0.2, 0) is 0 Å². The van der Waals surface area contributed by atoms with E-state index >= 15 is 0 Å². The minimum Gasteiger partial charge on any atom is -0.348 e. The molecule has 1 aromatic carbocycles. The van der Waals surface area contributed by atoms with Gasteiger partial charge in [-0.1, -0.05) is 41.7 Å². The summed E-state index contributed by atoms with van der Waals surface area (Å²) in [6, 6.07) is 14.5. The molecule has 4 heteroatoms. The molecule has 0 N–H and O–H groups in total. The number of aromatic nitrogens is 2. The summed E-state index contributed by atoms with van der Waals surface area (Å²) in [5.41, 5.74) is 3.19. The van der Waals surface area contributed by atoms with Gasteiger partial charge in [-0.25, -0.2) is 9.97 Å². The summed E-state index contributed by atoms with van der Waals surface area (Å²) >= 11 is 1.71. The molecule has 0 unspecified atom stereocenters. The predicted octanol–water partition coefficient (Wildman–Crippen LogP) is 3.96. The van der Waals surface area contributed by atoms with Gasteiger partial charge in [0.25, 0.3) is 0 Å². The summed E-state index contributed by atoms with van der Waals surface area (Å²) in [4.78, 5) is 12.9. The molecule has 0 atom stereocenters. The van der Waals surface area contributed by atoms with Crippen molar-refractivity contribution in [2.24, 2.45) is 0 Å². The van der Waals surface area contributed by atoms with Crippen molar-refractivity contribution >= 4 is 26.8 Å². The van der Waals surface area contributed by atoms with Crippen LogP contribution >= 0.6 is 11.3 Å². The SMILES string of the molecule is c1ccc(-c2ccc3nc(N4CCCC4)sc3n2)cc1. The molecule has 0 saturated carbocycles. The molecular formula is C16H15N3S. The van der Waals surface area contributed by atoms with E-state index < -0.39 is 0 Å². The third-order valence-electron chi connectivity index (χ3n) is 3.69. The molecule has 1 saturated heterocycles. The van der Waals surface area contributed by atoms with Crippen molar-refractivity contribution < 1.29 is 0 Å². The quantitative estimate of drug-likeness (QED) is 0.712. The Bertz CT molecular complexity index is 730. The van der Waals surface area contributed by atoms with Gasteiger partial charge in [-0.2, -0.15) is 0 Å². The lowest BCUT2D eigenvalue weighted by Gasteiger charge is -2.11. The fourth-order valence-electron chi connectivity index (χ4n) is 2.62. The van der Waals surface area contributed by atoms with E-state index in [2.05, 4.69) is 29.2 Å².